The molecule has 3 heteroatoms. The summed E-state index contributed by atoms with van der Waals surface area (Å²) < 4.78 is 0. The van der Waals surface area contributed by atoms with Crippen LogP contribution in [0.25, 0.3) is 0 Å². The van der Waals surface area contributed by atoms with Gasteiger partial charge in [-0.1, -0.05) is 54.1 Å². The van der Waals surface area contributed by atoms with Crippen molar-refractivity contribution in [3.8, 4) is 0 Å². The van der Waals surface area contributed by atoms with Crippen LogP contribution in [0.2, 0.25) is 0 Å². The molecule has 2 aromatic carbocycles. The normalized spacial score (nSPS) is 17.1. The second kappa shape index (κ2) is 6.10. The number of hydrogen-bond acceptors (Lipinski definition) is 2. The Morgan fingerprint density at radius 3 is 2.62 bits per heavy atom. The lowest BCUT2D eigenvalue weighted by Gasteiger charge is -2.25. The fourth-order valence-corrected chi connectivity index (χ4v) is 2.66. The van der Waals surface area contributed by atoms with Crippen LogP contribution in [0.4, 0.5) is 0 Å². The molecule has 2 N–H and O–H groups in total. The summed E-state index contributed by atoms with van der Waals surface area (Å²) in [5.41, 5.74) is 4.92. The lowest BCUT2D eigenvalue weighted by Crippen LogP contribution is -2.47. The van der Waals surface area contributed by atoms with E-state index in [9.17, 15) is 4.79 Å². The highest BCUT2D eigenvalue weighted by atomic mass is 16.2. The number of amides is 1. The maximum Gasteiger partial charge on any atom is 0.237 e. The Balaban J connectivity index is 1.58. The molecule has 0 saturated heterocycles. The van der Waals surface area contributed by atoms with E-state index in [4.69, 9.17) is 0 Å². The van der Waals surface area contributed by atoms with Crippen molar-refractivity contribution in [3.05, 3.63) is 70.8 Å². The molecular weight excluding hydrogens is 260 g/mol. The van der Waals surface area contributed by atoms with Crippen LogP contribution >= 0.6 is 0 Å². The minimum atomic E-state index is -0.134. The summed E-state index contributed by atoms with van der Waals surface area (Å²) in [5, 5.41) is 6.33. The Hall–Kier alpha value is -2.13. The molecule has 3 nitrogen and oxygen atoms in total. The molecule has 0 aliphatic carbocycles. The van der Waals surface area contributed by atoms with Crippen molar-refractivity contribution in [3.63, 3.8) is 0 Å². The van der Waals surface area contributed by atoms with Gasteiger partial charge in [0.1, 0.15) is 0 Å². The van der Waals surface area contributed by atoms with Gasteiger partial charge in [0.15, 0.2) is 0 Å². The molecule has 0 bridgehead atoms. The zero-order valence-corrected chi connectivity index (χ0v) is 12.2. The minimum Gasteiger partial charge on any atom is -0.351 e. The van der Waals surface area contributed by atoms with Crippen LogP contribution in [0, 0.1) is 6.92 Å². The highest BCUT2D eigenvalue weighted by Gasteiger charge is 2.23. The maximum atomic E-state index is 12.3. The van der Waals surface area contributed by atoms with Gasteiger partial charge >= 0.3 is 0 Å². The minimum absolute atomic E-state index is 0.0741. The molecule has 0 aromatic heterocycles. The monoisotopic (exact) mass is 280 g/mol. The molecule has 0 fully saturated rings. The molecule has 1 aliphatic heterocycles. The van der Waals surface area contributed by atoms with Crippen molar-refractivity contribution in [2.45, 2.75) is 32.5 Å². The predicted octanol–water partition coefficient (Wildman–Crippen LogP) is 2.33. The number of benzene rings is 2. The van der Waals surface area contributed by atoms with Crippen molar-refractivity contribution in [2.75, 3.05) is 0 Å². The highest BCUT2D eigenvalue weighted by molar-refractivity contribution is 5.82. The first-order valence-corrected chi connectivity index (χ1v) is 7.36. The molecule has 1 heterocycles. The van der Waals surface area contributed by atoms with E-state index in [0.29, 0.717) is 6.54 Å². The molecule has 1 aliphatic rings. The third kappa shape index (κ3) is 3.31. The van der Waals surface area contributed by atoms with E-state index in [-0.39, 0.29) is 11.9 Å². The smallest absolute Gasteiger partial charge is 0.237 e. The average molecular weight is 280 g/mol. The molecule has 0 saturated carbocycles. The van der Waals surface area contributed by atoms with Crippen LogP contribution in [0.1, 0.15) is 22.3 Å². The number of nitrogens with one attached hydrogen (secondary N) is 2. The van der Waals surface area contributed by atoms with E-state index >= 15 is 0 Å². The van der Waals surface area contributed by atoms with Gasteiger partial charge in [0, 0.05) is 13.1 Å². The van der Waals surface area contributed by atoms with E-state index in [1.807, 2.05) is 12.1 Å². The van der Waals surface area contributed by atoms with Crippen molar-refractivity contribution in [1.82, 2.24) is 10.6 Å². The second-order valence-electron chi connectivity index (χ2n) is 5.61. The first-order chi connectivity index (χ1) is 10.2. The number of aryl methyl sites for hydroxylation is 1. The van der Waals surface area contributed by atoms with E-state index in [1.165, 1.54) is 16.7 Å². The lowest BCUT2D eigenvalue weighted by molar-refractivity contribution is -0.123. The summed E-state index contributed by atoms with van der Waals surface area (Å²) in [4.78, 5) is 12.3. The Morgan fingerprint density at radius 1 is 1.14 bits per heavy atom. The van der Waals surface area contributed by atoms with Gasteiger partial charge in [-0.15, -0.1) is 0 Å². The molecule has 108 valence electrons. The second-order valence-corrected chi connectivity index (χ2v) is 5.61. The van der Waals surface area contributed by atoms with Crippen molar-refractivity contribution < 1.29 is 4.79 Å². The van der Waals surface area contributed by atoms with Crippen LogP contribution in [0.5, 0.6) is 0 Å². The number of carbonyl (C=O) groups excluding carboxylic acids is 1. The Labute approximate surface area is 125 Å². The Kier molecular flexibility index (Phi) is 4.02. The van der Waals surface area contributed by atoms with Crippen LogP contribution < -0.4 is 10.6 Å². The fraction of sp³-hybridized carbons (Fsp3) is 0.278. The first-order valence-electron chi connectivity index (χ1n) is 7.36. The third-order valence-electron chi connectivity index (χ3n) is 3.99. The van der Waals surface area contributed by atoms with Gasteiger partial charge in [-0.05, 0) is 30.0 Å². The summed E-state index contributed by atoms with van der Waals surface area (Å²) in [6.07, 6.45) is 0.760. The van der Waals surface area contributed by atoms with Gasteiger partial charge in [-0.3, -0.25) is 4.79 Å². The number of carbonyl (C=O) groups is 1. The van der Waals surface area contributed by atoms with E-state index in [2.05, 4.69) is 54.0 Å². The zero-order valence-electron chi connectivity index (χ0n) is 12.2. The van der Waals surface area contributed by atoms with Gasteiger partial charge in [0.25, 0.3) is 0 Å². The summed E-state index contributed by atoms with van der Waals surface area (Å²) >= 11 is 0. The summed E-state index contributed by atoms with van der Waals surface area (Å²) in [5.74, 6) is 0.0741. The topological polar surface area (TPSA) is 41.1 Å². The zero-order chi connectivity index (χ0) is 14.7. The maximum absolute atomic E-state index is 12.3. The standard InChI is InChI=1S/C18H20N2O/c1-13-6-8-14(9-7-13)11-20-18(21)17-10-15-4-2-3-5-16(15)12-19-17/h2-9,17,19H,10-12H2,1H3,(H,20,21)/t17-/m0/s1. The summed E-state index contributed by atoms with van der Waals surface area (Å²) in [6, 6.07) is 16.4. The van der Waals surface area contributed by atoms with Gasteiger partial charge in [0.05, 0.1) is 6.04 Å². The molecule has 0 spiro atoms. The quantitative estimate of drug-likeness (QED) is 0.906. The third-order valence-corrected chi connectivity index (χ3v) is 3.99. The molecule has 21 heavy (non-hydrogen) atoms. The van der Waals surface area contributed by atoms with Crippen molar-refractivity contribution in [2.24, 2.45) is 0 Å². The fourth-order valence-electron chi connectivity index (χ4n) is 2.66. The van der Waals surface area contributed by atoms with Gasteiger partial charge in [0.2, 0.25) is 5.91 Å². The molecule has 0 unspecified atom stereocenters. The first kappa shape index (κ1) is 13.8. The molecule has 2 aromatic rings. The molecule has 1 atom stereocenters. The summed E-state index contributed by atoms with van der Waals surface area (Å²) in [6.45, 7) is 3.41. The van der Waals surface area contributed by atoms with Crippen LogP contribution in [0.15, 0.2) is 48.5 Å². The van der Waals surface area contributed by atoms with E-state index in [0.717, 1.165) is 18.5 Å². The lowest BCUT2D eigenvalue weighted by atomic mass is 9.95. The highest BCUT2D eigenvalue weighted by Crippen LogP contribution is 2.16. The van der Waals surface area contributed by atoms with Gasteiger partial charge < -0.3 is 10.6 Å². The average Bonchev–Trinajstić information content (AvgIpc) is 2.53. The largest absolute Gasteiger partial charge is 0.351 e. The Bertz CT molecular complexity index is 634. The SMILES string of the molecule is Cc1ccc(CNC(=O)[C@@H]2Cc3ccccc3CN2)cc1. The van der Waals surface area contributed by atoms with E-state index < -0.39 is 0 Å². The summed E-state index contributed by atoms with van der Waals surface area (Å²) in [7, 11) is 0. The van der Waals surface area contributed by atoms with Crippen molar-refractivity contribution >= 4 is 5.91 Å². The molecule has 0 radical (unpaired) electrons. The van der Waals surface area contributed by atoms with E-state index in [1.54, 1.807) is 0 Å². The number of rotatable bonds is 3. The Morgan fingerprint density at radius 2 is 1.86 bits per heavy atom. The van der Waals surface area contributed by atoms with Crippen LogP contribution in [-0.4, -0.2) is 11.9 Å². The predicted molar refractivity (Wildman–Crippen MR) is 83.8 cm³/mol. The van der Waals surface area contributed by atoms with Gasteiger partial charge in [-0.25, -0.2) is 0 Å². The molecular formula is C18H20N2O. The molecule has 3 rings (SSSR count). The number of fused-ring (bicyclic) bond motifs is 1. The van der Waals surface area contributed by atoms with Crippen LogP contribution in [0.3, 0.4) is 0 Å². The van der Waals surface area contributed by atoms with Crippen molar-refractivity contribution in [1.29, 1.82) is 0 Å². The number of hydrogen-bond donors (Lipinski definition) is 2. The molecule has 1 amide bonds. The van der Waals surface area contributed by atoms with Crippen LogP contribution in [-0.2, 0) is 24.3 Å². The van der Waals surface area contributed by atoms with Gasteiger partial charge in [-0.2, -0.15) is 0 Å².